The fourth-order valence-electron chi connectivity index (χ4n) is 3.61. The molecule has 3 atom stereocenters. The van der Waals surface area contributed by atoms with Crippen molar-refractivity contribution in [1.82, 2.24) is 15.3 Å². The molecule has 0 aromatic carbocycles. The van der Waals surface area contributed by atoms with Gasteiger partial charge >= 0.3 is 0 Å². The Hall–Kier alpha value is -1.16. The van der Waals surface area contributed by atoms with E-state index in [0.29, 0.717) is 23.1 Å². The van der Waals surface area contributed by atoms with Crippen LogP contribution in [0.15, 0.2) is 12.4 Å². The quantitative estimate of drug-likeness (QED) is 0.925. The van der Waals surface area contributed by atoms with Crippen LogP contribution in [0.1, 0.15) is 51.6 Å². The molecule has 2 rings (SSSR count). The first-order valence-electron chi connectivity index (χ1n) is 7.96. The fraction of sp³-hybridized carbons (Fsp3) is 0.765. The van der Waals surface area contributed by atoms with E-state index in [1.807, 2.05) is 7.05 Å². The Bertz CT molecular complexity index is 456. The van der Waals surface area contributed by atoms with Crippen molar-refractivity contribution in [3.63, 3.8) is 0 Å². The van der Waals surface area contributed by atoms with Crippen LogP contribution in [0.4, 0.5) is 0 Å². The summed E-state index contributed by atoms with van der Waals surface area (Å²) in [6.45, 7) is 8.07. The fourth-order valence-corrected chi connectivity index (χ4v) is 3.61. The Morgan fingerprint density at radius 1 is 1.24 bits per heavy atom. The molecule has 1 heterocycles. The molecule has 3 unspecified atom stereocenters. The minimum absolute atomic E-state index is 0.346. The van der Waals surface area contributed by atoms with Crippen LogP contribution in [-0.4, -0.2) is 30.7 Å². The molecule has 1 N–H and O–H groups in total. The maximum absolute atomic E-state index is 5.45. The second-order valence-corrected chi connectivity index (χ2v) is 7.25. The molecule has 0 saturated heterocycles. The first kappa shape index (κ1) is 16.2. The van der Waals surface area contributed by atoms with E-state index in [4.69, 9.17) is 4.74 Å². The van der Waals surface area contributed by atoms with Gasteiger partial charge in [-0.3, -0.25) is 4.98 Å². The van der Waals surface area contributed by atoms with Crippen LogP contribution in [0, 0.1) is 17.3 Å². The van der Waals surface area contributed by atoms with E-state index in [0.717, 1.165) is 18.2 Å². The number of hydrogen-bond acceptors (Lipinski definition) is 4. The number of nitrogens with zero attached hydrogens (tertiary/aromatic N) is 2. The SMILES string of the molecule is CNCC1CCC(C(C)(C)C)CC1c1nccnc1OC. The largest absolute Gasteiger partial charge is 0.480 e. The second kappa shape index (κ2) is 6.73. The summed E-state index contributed by atoms with van der Waals surface area (Å²) in [4.78, 5) is 8.96. The summed E-state index contributed by atoms with van der Waals surface area (Å²) in [5, 5.41) is 3.34. The van der Waals surface area contributed by atoms with Crippen molar-refractivity contribution in [3.8, 4) is 5.88 Å². The highest BCUT2D eigenvalue weighted by Crippen LogP contribution is 2.47. The predicted molar refractivity (Wildman–Crippen MR) is 85.5 cm³/mol. The molecular formula is C17H29N3O. The van der Waals surface area contributed by atoms with Crippen LogP contribution in [0.3, 0.4) is 0 Å². The standard InChI is InChI=1S/C17H29N3O/c1-17(2,3)13-7-6-12(11-18-4)14(10-13)15-16(21-5)20-9-8-19-15/h8-9,12-14,18H,6-7,10-11H2,1-5H3. The van der Waals surface area contributed by atoms with Crippen molar-refractivity contribution in [1.29, 1.82) is 0 Å². The zero-order chi connectivity index (χ0) is 15.5. The molecule has 0 radical (unpaired) electrons. The summed E-state index contributed by atoms with van der Waals surface area (Å²) >= 11 is 0. The molecule has 1 aromatic heterocycles. The minimum atomic E-state index is 0.346. The van der Waals surface area contributed by atoms with E-state index >= 15 is 0 Å². The van der Waals surface area contributed by atoms with Crippen LogP contribution in [0.5, 0.6) is 5.88 Å². The lowest BCUT2D eigenvalue weighted by molar-refractivity contribution is 0.127. The molecule has 1 aliphatic carbocycles. The van der Waals surface area contributed by atoms with Crippen molar-refractivity contribution in [2.45, 2.75) is 46.0 Å². The summed E-state index contributed by atoms with van der Waals surface area (Å²) in [6, 6.07) is 0. The lowest BCUT2D eigenvalue weighted by Crippen LogP contribution is -2.35. The summed E-state index contributed by atoms with van der Waals surface area (Å²) in [6.07, 6.45) is 7.21. The van der Waals surface area contributed by atoms with Crippen LogP contribution in [-0.2, 0) is 0 Å². The van der Waals surface area contributed by atoms with E-state index in [-0.39, 0.29) is 0 Å². The van der Waals surface area contributed by atoms with Crippen LogP contribution in [0.2, 0.25) is 0 Å². The topological polar surface area (TPSA) is 47.0 Å². The first-order chi connectivity index (χ1) is 9.97. The number of ether oxygens (including phenoxy) is 1. The highest BCUT2D eigenvalue weighted by Gasteiger charge is 2.38. The maximum Gasteiger partial charge on any atom is 0.235 e. The van der Waals surface area contributed by atoms with Gasteiger partial charge in [-0.1, -0.05) is 20.8 Å². The van der Waals surface area contributed by atoms with Gasteiger partial charge in [0.1, 0.15) is 5.69 Å². The van der Waals surface area contributed by atoms with Crippen molar-refractivity contribution in [3.05, 3.63) is 18.1 Å². The lowest BCUT2D eigenvalue weighted by atomic mass is 9.64. The van der Waals surface area contributed by atoms with Gasteiger partial charge in [0, 0.05) is 18.3 Å². The van der Waals surface area contributed by atoms with E-state index in [1.165, 1.54) is 19.3 Å². The van der Waals surface area contributed by atoms with Gasteiger partial charge in [0.2, 0.25) is 5.88 Å². The third-order valence-electron chi connectivity index (χ3n) is 4.92. The third kappa shape index (κ3) is 3.73. The summed E-state index contributed by atoms with van der Waals surface area (Å²) < 4.78 is 5.45. The molecule has 1 aliphatic rings. The van der Waals surface area contributed by atoms with Gasteiger partial charge in [0.15, 0.2) is 0 Å². The minimum Gasteiger partial charge on any atom is -0.480 e. The molecular weight excluding hydrogens is 262 g/mol. The monoisotopic (exact) mass is 291 g/mol. The second-order valence-electron chi connectivity index (χ2n) is 7.25. The predicted octanol–water partition coefficient (Wildman–Crippen LogP) is 3.25. The van der Waals surface area contributed by atoms with Crippen molar-refractivity contribution in [2.24, 2.45) is 17.3 Å². The number of hydrogen-bond donors (Lipinski definition) is 1. The van der Waals surface area contributed by atoms with Gasteiger partial charge in [-0.25, -0.2) is 4.98 Å². The van der Waals surface area contributed by atoms with Crippen molar-refractivity contribution >= 4 is 0 Å². The molecule has 0 aliphatic heterocycles. The molecule has 1 fully saturated rings. The van der Waals surface area contributed by atoms with E-state index in [2.05, 4.69) is 36.1 Å². The van der Waals surface area contributed by atoms with Gasteiger partial charge in [-0.05, 0) is 50.1 Å². The zero-order valence-electron chi connectivity index (χ0n) is 14.0. The highest BCUT2D eigenvalue weighted by molar-refractivity contribution is 5.23. The van der Waals surface area contributed by atoms with Crippen molar-refractivity contribution < 1.29 is 4.74 Å². The normalized spacial score (nSPS) is 26.6. The molecule has 1 saturated carbocycles. The van der Waals surface area contributed by atoms with Gasteiger partial charge in [0.05, 0.1) is 7.11 Å². The molecule has 21 heavy (non-hydrogen) atoms. The van der Waals surface area contributed by atoms with E-state index in [9.17, 15) is 0 Å². The summed E-state index contributed by atoms with van der Waals surface area (Å²) in [5.41, 5.74) is 1.38. The number of methoxy groups -OCH3 is 1. The summed E-state index contributed by atoms with van der Waals surface area (Å²) in [5.74, 6) is 2.46. The van der Waals surface area contributed by atoms with Gasteiger partial charge < -0.3 is 10.1 Å². The number of nitrogens with one attached hydrogen (secondary N) is 1. The Morgan fingerprint density at radius 3 is 2.57 bits per heavy atom. The van der Waals surface area contributed by atoms with E-state index < -0.39 is 0 Å². The zero-order valence-corrected chi connectivity index (χ0v) is 14.0. The Kier molecular flexibility index (Phi) is 5.20. The Balaban J connectivity index is 2.29. The maximum atomic E-state index is 5.45. The molecule has 4 heteroatoms. The molecule has 118 valence electrons. The number of aromatic nitrogens is 2. The molecule has 1 aromatic rings. The Labute approximate surface area is 128 Å². The first-order valence-corrected chi connectivity index (χ1v) is 7.96. The average molecular weight is 291 g/mol. The van der Waals surface area contributed by atoms with Gasteiger partial charge in [-0.2, -0.15) is 0 Å². The van der Waals surface area contributed by atoms with Crippen LogP contribution < -0.4 is 10.1 Å². The van der Waals surface area contributed by atoms with Gasteiger partial charge in [-0.15, -0.1) is 0 Å². The van der Waals surface area contributed by atoms with Crippen molar-refractivity contribution in [2.75, 3.05) is 20.7 Å². The highest BCUT2D eigenvalue weighted by atomic mass is 16.5. The average Bonchev–Trinajstić information content (AvgIpc) is 2.47. The van der Waals surface area contributed by atoms with Crippen LogP contribution >= 0.6 is 0 Å². The third-order valence-corrected chi connectivity index (χ3v) is 4.92. The molecule has 0 bridgehead atoms. The lowest BCUT2D eigenvalue weighted by Gasteiger charge is -2.41. The molecule has 0 amide bonds. The van der Waals surface area contributed by atoms with Gasteiger partial charge in [0.25, 0.3) is 0 Å². The molecule has 0 spiro atoms. The van der Waals surface area contributed by atoms with E-state index in [1.54, 1.807) is 19.5 Å². The van der Waals surface area contributed by atoms with Crippen LogP contribution in [0.25, 0.3) is 0 Å². The summed E-state index contributed by atoms with van der Waals surface area (Å²) in [7, 11) is 3.71. The Morgan fingerprint density at radius 2 is 1.95 bits per heavy atom. The number of rotatable bonds is 4. The smallest absolute Gasteiger partial charge is 0.235 e. The molecule has 4 nitrogen and oxygen atoms in total.